The van der Waals surface area contributed by atoms with E-state index in [4.69, 9.17) is 19.3 Å². The molecule has 2 atom stereocenters. The van der Waals surface area contributed by atoms with E-state index in [-0.39, 0.29) is 34.2 Å². The van der Waals surface area contributed by atoms with Crippen LogP contribution in [0.5, 0.6) is 5.88 Å². The molecule has 0 aliphatic carbocycles. The second kappa shape index (κ2) is 13.1. The van der Waals surface area contributed by atoms with Crippen molar-refractivity contribution in [3.05, 3.63) is 66.2 Å². The monoisotopic (exact) mass is 623 g/mol. The minimum absolute atomic E-state index is 0.0798. The molecule has 1 aliphatic rings. The molecule has 2 aromatic heterocycles. The highest BCUT2D eigenvalue weighted by Crippen LogP contribution is 2.37. The number of anilines is 2. The summed E-state index contributed by atoms with van der Waals surface area (Å²) < 4.78 is 49.9. The van der Waals surface area contributed by atoms with Crippen LogP contribution < -0.4 is 14.2 Å². The molecule has 1 aliphatic heterocycles. The fourth-order valence-corrected chi connectivity index (χ4v) is 6.48. The molecule has 14 heteroatoms. The number of sulfonamides is 1. The van der Waals surface area contributed by atoms with Crippen LogP contribution in [0.1, 0.15) is 25.3 Å². The second-order valence-corrected chi connectivity index (χ2v) is 12.4. The van der Waals surface area contributed by atoms with Gasteiger partial charge in [-0.3, -0.25) is 9.62 Å². The van der Waals surface area contributed by atoms with Crippen molar-refractivity contribution in [3.8, 4) is 28.5 Å². The lowest BCUT2D eigenvalue weighted by Crippen LogP contribution is -2.44. The highest BCUT2D eigenvalue weighted by Gasteiger charge is 2.25. The predicted octanol–water partition coefficient (Wildman–Crippen LogP) is 4.90. The molecule has 12 nitrogen and oxygen atoms in total. The van der Waals surface area contributed by atoms with Crippen LogP contribution >= 0.6 is 11.9 Å². The van der Waals surface area contributed by atoms with E-state index in [1.165, 1.54) is 31.2 Å². The largest absolute Gasteiger partial charge is 0.480 e. The summed E-state index contributed by atoms with van der Waals surface area (Å²) in [5.41, 5.74) is 2.78. The number of pyridine rings is 1. The third-order valence-electron chi connectivity index (χ3n) is 6.76. The number of ether oxygens (including phenoxy) is 2. The Morgan fingerprint density at radius 3 is 2.49 bits per heavy atom. The zero-order chi connectivity index (χ0) is 30.6. The topological polar surface area (TPSA) is 156 Å². The van der Waals surface area contributed by atoms with Crippen molar-refractivity contribution in [1.82, 2.24) is 20.1 Å². The molecule has 5 rings (SSSR count). The molecule has 4 aromatic rings. The second-order valence-electron chi connectivity index (χ2n) is 10.1. The van der Waals surface area contributed by atoms with Crippen molar-refractivity contribution >= 4 is 39.6 Å². The summed E-state index contributed by atoms with van der Waals surface area (Å²) >= 11 is 1.38. The molecule has 2 unspecified atom stereocenters. The molecule has 0 spiro atoms. The zero-order valence-corrected chi connectivity index (χ0v) is 25.8. The predicted molar refractivity (Wildman–Crippen MR) is 167 cm³/mol. The minimum atomic E-state index is -3.99. The fraction of sp³-hybridized carbons (Fsp3) is 0.310. The average molecular weight is 624 g/mol. The zero-order valence-electron chi connectivity index (χ0n) is 24.2. The Hall–Kier alpha value is -3.98. The molecule has 0 bridgehead atoms. The number of benzene rings is 2. The maximum absolute atomic E-state index is 13.4. The van der Waals surface area contributed by atoms with Crippen LogP contribution in [-0.2, 0) is 21.3 Å². The van der Waals surface area contributed by atoms with Gasteiger partial charge in [-0.1, -0.05) is 30.1 Å². The summed E-state index contributed by atoms with van der Waals surface area (Å²) in [7, 11) is -2.45. The van der Waals surface area contributed by atoms with Crippen molar-refractivity contribution < 1.29 is 22.3 Å². The van der Waals surface area contributed by atoms with Gasteiger partial charge in [-0.2, -0.15) is 0 Å². The van der Waals surface area contributed by atoms with Gasteiger partial charge in [0.15, 0.2) is 0 Å². The van der Waals surface area contributed by atoms with Gasteiger partial charge < -0.3 is 24.0 Å². The van der Waals surface area contributed by atoms with Gasteiger partial charge in [0, 0.05) is 42.9 Å². The molecule has 2 aromatic carbocycles. The SMILES string of the molecule is COc1ncc(-c2cc(NS(=O)(=O)c3ccccc3)c(C=N)c(-c3nnc(CN4CC(C)OC(C)C4)o3)c2)cc1NSC. The third-order valence-corrected chi connectivity index (χ3v) is 8.57. The van der Waals surface area contributed by atoms with Crippen molar-refractivity contribution in [2.24, 2.45) is 0 Å². The quantitative estimate of drug-likeness (QED) is 0.154. The van der Waals surface area contributed by atoms with Gasteiger partial charge in [-0.05, 0) is 49.7 Å². The summed E-state index contributed by atoms with van der Waals surface area (Å²) in [5.74, 6) is 0.975. The molecule has 1 fully saturated rings. The molecule has 226 valence electrons. The fourth-order valence-electron chi connectivity index (χ4n) is 5.03. The van der Waals surface area contributed by atoms with Crippen molar-refractivity contribution in [2.75, 3.05) is 35.9 Å². The van der Waals surface area contributed by atoms with Crippen molar-refractivity contribution in [1.29, 1.82) is 5.41 Å². The first kappa shape index (κ1) is 30.5. The Morgan fingerprint density at radius 1 is 1.09 bits per heavy atom. The first-order valence-electron chi connectivity index (χ1n) is 13.5. The van der Waals surface area contributed by atoms with E-state index in [0.29, 0.717) is 40.7 Å². The van der Waals surface area contributed by atoms with E-state index in [1.54, 1.807) is 36.5 Å². The lowest BCUT2D eigenvalue weighted by molar-refractivity contribution is -0.0721. The normalized spacial score (nSPS) is 17.4. The smallest absolute Gasteiger partial charge is 0.261 e. The van der Waals surface area contributed by atoms with Crippen molar-refractivity contribution in [2.45, 2.75) is 37.5 Å². The molecular weight excluding hydrogens is 590 g/mol. The number of hydrogen-bond donors (Lipinski definition) is 3. The highest BCUT2D eigenvalue weighted by atomic mass is 32.2. The summed E-state index contributed by atoms with van der Waals surface area (Å²) in [6.07, 6.45) is 4.74. The molecule has 3 heterocycles. The van der Waals surface area contributed by atoms with Crippen LogP contribution in [0.3, 0.4) is 0 Å². The summed E-state index contributed by atoms with van der Waals surface area (Å²) in [5, 5.41) is 16.8. The number of morpholine rings is 1. The van der Waals surface area contributed by atoms with Crippen LogP contribution in [-0.4, -0.2) is 73.4 Å². The van der Waals surface area contributed by atoms with Gasteiger partial charge in [0.2, 0.25) is 17.7 Å². The van der Waals surface area contributed by atoms with E-state index in [2.05, 4.69) is 29.5 Å². The van der Waals surface area contributed by atoms with Gasteiger partial charge in [-0.15, -0.1) is 10.2 Å². The van der Waals surface area contributed by atoms with E-state index >= 15 is 0 Å². The van der Waals surface area contributed by atoms with Gasteiger partial charge >= 0.3 is 0 Å². The van der Waals surface area contributed by atoms with Crippen LogP contribution in [0.4, 0.5) is 11.4 Å². The number of nitrogens with one attached hydrogen (secondary N) is 3. The van der Waals surface area contributed by atoms with Crippen LogP contribution in [0, 0.1) is 5.41 Å². The summed E-state index contributed by atoms with van der Waals surface area (Å²) in [6, 6.07) is 13.3. The molecule has 0 amide bonds. The number of hydrogen-bond acceptors (Lipinski definition) is 12. The molecule has 1 saturated heterocycles. The first-order chi connectivity index (χ1) is 20.7. The van der Waals surface area contributed by atoms with E-state index in [1.807, 2.05) is 26.2 Å². The lowest BCUT2D eigenvalue weighted by Gasteiger charge is -2.34. The summed E-state index contributed by atoms with van der Waals surface area (Å²) in [4.78, 5) is 6.70. The van der Waals surface area contributed by atoms with E-state index in [9.17, 15) is 8.42 Å². The average Bonchev–Trinajstić information content (AvgIpc) is 3.45. The number of methoxy groups -OCH3 is 1. The van der Waals surface area contributed by atoms with Gasteiger partial charge in [0.1, 0.15) is 5.69 Å². The summed E-state index contributed by atoms with van der Waals surface area (Å²) in [6.45, 7) is 5.94. The standard InChI is InChI=1S/C29H33N7O5S2/c1-18-15-36(16-19(2)40-18)17-27-32-33-28(41-27)23-10-20(21-12-26(34-42-4)29(39-3)31-14-21)11-25(24(23)13-30)35-43(37,38)22-8-6-5-7-9-22/h5-14,18-19,30,34-35H,15-17H2,1-4H3. The van der Waals surface area contributed by atoms with Crippen LogP contribution in [0.25, 0.3) is 22.6 Å². The molecule has 0 radical (unpaired) electrons. The van der Waals surface area contributed by atoms with E-state index in [0.717, 1.165) is 19.3 Å². The maximum Gasteiger partial charge on any atom is 0.261 e. The Kier molecular flexibility index (Phi) is 9.30. The number of aromatic nitrogens is 3. The lowest BCUT2D eigenvalue weighted by atomic mass is 9.98. The van der Waals surface area contributed by atoms with Crippen LogP contribution in [0.15, 0.2) is 64.0 Å². The highest BCUT2D eigenvalue weighted by molar-refractivity contribution is 7.99. The van der Waals surface area contributed by atoms with E-state index < -0.39 is 10.0 Å². The van der Waals surface area contributed by atoms with Gasteiger partial charge in [-0.25, -0.2) is 13.4 Å². The van der Waals surface area contributed by atoms with Gasteiger partial charge in [0.25, 0.3) is 10.0 Å². The number of nitrogens with zero attached hydrogens (tertiary/aromatic N) is 4. The Labute approximate surface area is 254 Å². The van der Waals surface area contributed by atoms with Crippen molar-refractivity contribution in [3.63, 3.8) is 0 Å². The molecule has 3 N–H and O–H groups in total. The van der Waals surface area contributed by atoms with Crippen LogP contribution in [0.2, 0.25) is 0 Å². The molecule has 0 saturated carbocycles. The minimum Gasteiger partial charge on any atom is -0.480 e. The molecular formula is C29H33N7O5S2. The van der Waals surface area contributed by atoms with Gasteiger partial charge in [0.05, 0.1) is 42.0 Å². The molecule has 43 heavy (non-hydrogen) atoms. The Morgan fingerprint density at radius 2 is 1.81 bits per heavy atom. The Bertz CT molecular complexity index is 1690. The third kappa shape index (κ3) is 6.99. The Balaban J connectivity index is 1.59. The maximum atomic E-state index is 13.4. The number of rotatable bonds is 11. The first-order valence-corrected chi connectivity index (χ1v) is 16.2.